The summed E-state index contributed by atoms with van der Waals surface area (Å²) >= 11 is 0. The second-order valence-corrected chi connectivity index (χ2v) is 2.11. The largest absolute Gasteiger partial charge is 0.465 e. The van der Waals surface area contributed by atoms with E-state index in [0.717, 1.165) is 0 Å². The van der Waals surface area contributed by atoms with Gasteiger partial charge in [0.25, 0.3) is 0 Å². The monoisotopic (exact) mass is 195 g/mol. The maximum absolute atomic E-state index is 8.78. The van der Waals surface area contributed by atoms with Crippen molar-refractivity contribution in [3.05, 3.63) is 49.1 Å². The predicted molar refractivity (Wildman–Crippen MR) is 53.8 cm³/mol. The van der Waals surface area contributed by atoms with Gasteiger partial charge in [-0.25, -0.2) is 4.79 Å². The van der Waals surface area contributed by atoms with Crippen molar-refractivity contribution in [1.82, 2.24) is 9.97 Å². The Morgan fingerprint density at radius 1 is 0.929 bits per heavy atom. The molecule has 76 valence electrons. The average molecular weight is 195 g/mol. The molecule has 2 heterocycles. The molecule has 14 heavy (non-hydrogen) atoms. The van der Waals surface area contributed by atoms with Gasteiger partial charge in [-0.05, 0) is 24.3 Å². The Balaban J connectivity index is 0.000000183. The Morgan fingerprint density at radius 3 is 1.21 bits per heavy atom. The Kier molecular flexibility index (Phi) is 7.54. The van der Waals surface area contributed by atoms with E-state index in [0.29, 0.717) is 0 Å². The van der Waals surface area contributed by atoms with Crippen LogP contribution in [-0.2, 0) is 0 Å². The van der Waals surface area contributed by atoms with Crippen LogP contribution in [-0.4, -0.2) is 21.2 Å². The van der Waals surface area contributed by atoms with Crippen molar-refractivity contribution in [2.24, 2.45) is 5.73 Å². The third-order valence-corrected chi connectivity index (χ3v) is 0.992. The molecule has 0 saturated carbocycles. The third-order valence-electron chi connectivity index (χ3n) is 0.992. The van der Waals surface area contributed by atoms with Gasteiger partial charge in [-0.15, -0.1) is 0 Å². The van der Waals surface area contributed by atoms with Crippen molar-refractivity contribution < 1.29 is 9.90 Å². The minimum absolute atomic E-state index is 1.33. The summed E-state index contributed by atoms with van der Waals surface area (Å²) in [5, 5.41) is 7.19. The Morgan fingerprint density at radius 2 is 1.14 bits per heavy atom. The van der Waals surface area contributed by atoms with Crippen LogP contribution in [0.5, 0.6) is 0 Å². The standard InChI is InChI=1S/2C4H5N.CH3NO2/c2*1-2-4-5-3-1;2-1(3)4/h2*1-5H;2H2,(H,3,4). The van der Waals surface area contributed by atoms with E-state index in [1.807, 2.05) is 49.1 Å². The van der Waals surface area contributed by atoms with Crippen LogP contribution in [0.3, 0.4) is 0 Å². The van der Waals surface area contributed by atoms with Crippen LogP contribution in [0.2, 0.25) is 0 Å². The van der Waals surface area contributed by atoms with Crippen LogP contribution < -0.4 is 5.73 Å². The van der Waals surface area contributed by atoms with Crippen LogP contribution >= 0.6 is 0 Å². The number of aromatic nitrogens is 2. The highest BCUT2D eigenvalue weighted by molar-refractivity contribution is 5.61. The van der Waals surface area contributed by atoms with Gasteiger partial charge in [-0.1, -0.05) is 0 Å². The van der Waals surface area contributed by atoms with E-state index >= 15 is 0 Å². The molecule has 1 amide bonds. The Bertz CT molecular complexity index is 225. The Labute approximate surface area is 81.6 Å². The summed E-state index contributed by atoms with van der Waals surface area (Å²) in [5.74, 6) is 0. The smallest absolute Gasteiger partial charge is 0.402 e. The third kappa shape index (κ3) is 12.5. The highest BCUT2D eigenvalue weighted by atomic mass is 16.4. The second-order valence-electron chi connectivity index (χ2n) is 2.11. The SMILES string of the molecule is NC(=O)O.c1cc[nH]c1.c1cc[nH]c1. The molecule has 2 aromatic rings. The lowest BCUT2D eigenvalue weighted by Gasteiger charge is -1.61. The van der Waals surface area contributed by atoms with Crippen molar-refractivity contribution in [3.8, 4) is 0 Å². The lowest BCUT2D eigenvalue weighted by molar-refractivity contribution is 0.205. The molecule has 5 nitrogen and oxygen atoms in total. The summed E-state index contributed by atoms with van der Waals surface area (Å²) in [6, 6.07) is 7.78. The summed E-state index contributed by atoms with van der Waals surface area (Å²) in [6.07, 6.45) is 6.17. The van der Waals surface area contributed by atoms with Crippen LogP contribution in [0.15, 0.2) is 49.1 Å². The van der Waals surface area contributed by atoms with Crippen molar-refractivity contribution in [2.75, 3.05) is 0 Å². The molecular formula is C9H13N3O2. The summed E-state index contributed by atoms with van der Waals surface area (Å²) in [4.78, 5) is 14.5. The molecule has 2 rings (SSSR count). The van der Waals surface area contributed by atoms with Gasteiger partial charge in [0.2, 0.25) is 0 Å². The van der Waals surface area contributed by atoms with Gasteiger partial charge >= 0.3 is 6.09 Å². The first kappa shape index (κ1) is 11.8. The van der Waals surface area contributed by atoms with Crippen molar-refractivity contribution in [1.29, 1.82) is 0 Å². The number of carboxylic acid groups (broad SMARTS) is 1. The minimum Gasteiger partial charge on any atom is -0.465 e. The molecule has 0 aliphatic heterocycles. The Hall–Kier alpha value is -2.17. The summed E-state index contributed by atoms with van der Waals surface area (Å²) in [5.41, 5.74) is 4.03. The van der Waals surface area contributed by atoms with E-state index in [1.165, 1.54) is 0 Å². The first-order valence-corrected chi connectivity index (χ1v) is 3.87. The van der Waals surface area contributed by atoms with E-state index < -0.39 is 6.09 Å². The number of amides is 1. The van der Waals surface area contributed by atoms with E-state index in [9.17, 15) is 0 Å². The number of primary amides is 1. The van der Waals surface area contributed by atoms with E-state index in [4.69, 9.17) is 9.90 Å². The number of nitrogens with two attached hydrogens (primary N) is 1. The lowest BCUT2D eigenvalue weighted by Crippen LogP contribution is -2.03. The van der Waals surface area contributed by atoms with Crippen molar-refractivity contribution in [3.63, 3.8) is 0 Å². The number of rotatable bonds is 0. The van der Waals surface area contributed by atoms with Crippen molar-refractivity contribution >= 4 is 6.09 Å². The maximum atomic E-state index is 8.78. The highest BCUT2D eigenvalue weighted by Gasteiger charge is 1.65. The second kappa shape index (κ2) is 8.92. The molecule has 0 fully saturated rings. The number of nitrogens with one attached hydrogen (secondary N) is 2. The van der Waals surface area contributed by atoms with Crippen LogP contribution in [0.1, 0.15) is 0 Å². The van der Waals surface area contributed by atoms with Gasteiger partial charge in [-0.3, -0.25) is 0 Å². The highest BCUT2D eigenvalue weighted by Crippen LogP contribution is 1.72. The van der Waals surface area contributed by atoms with Gasteiger partial charge in [-0.2, -0.15) is 0 Å². The van der Waals surface area contributed by atoms with E-state index in [2.05, 4.69) is 15.7 Å². The van der Waals surface area contributed by atoms with E-state index in [-0.39, 0.29) is 0 Å². The molecule has 0 bridgehead atoms. The number of carbonyl (C=O) groups is 1. The molecule has 0 radical (unpaired) electrons. The predicted octanol–water partition coefficient (Wildman–Crippen LogP) is 1.65. The number of H-pyrrole nitrogens is 2. The molecule has 5 heteroatoms. The number of aromatic amines is 2. The molecule has 0 aliphatic carbocycles. The van der Waals surface area contributed by atoms with Crippen molar-refractivity contribution in [2.45, 2.75) is 0 Å². The topological polar surface area (TPSA) is 94.9 Å². The molecule has 0 unspecified atom stereocenters. The molecule has 0 saturated heterocycles. The molecule has 0 aliphatic rings. The molecule has 0 spiro atoms. The first-order valence-electron chi connectivity index (χ1n) is 3.87. The van der Waals surface area contributed by atoms with Crippen LogP contribution in [0.4, 0.5) is 4.79 Å². The maximum Gasteiger partial charge on any atom is 0.402 e. The van der Waals surface area contributed by atoms with Gasteiger partial charge in [0.1, 0.15) is 0 Å². The average Bonchev–Trinajstić information content (AvgIpc) is 2.83. The fraction of sp³-hybridized carbons (Fsp3) is 0. The fourth-order valence-corrected chi connectivity index (χ4v) is 0.556. The first-order chi connectivity index (χ1) is 6.73. The van der Waals surface area contributed by atoms with Gasteiger partial charge in [0.15, 0.2) is 0 Å². The van der Waals surface area contributed by atoms with Crippen LogP contribution in [0.25, 0.3) is 0 Å². The summed E-state index contributed by atoms with van der Waals surface area (Å²) in [7, 11) is 0. The minimum atomic E-state index is -1.33. The molecular weight excluding hydrogens is 182 g/mol. The quantitative estimate of drug-likeness (QED) is 0.514. The zero-order valence-electron chi connectivity index (χ0n) is 7.55. The molecule has 2 aromatic heterocycles. The molecule has 0 atom stereocenters. The number of hydrogen-bond acceptors (Lipinski definition) is 1. The number of hydrogen-bond donors (Lipinski definition) is 4. The van der Waals surface area contributed by atoms with Gasteiger partial charge in [0, 0.05) is 24.8 Å². The zero-order chi connectivity index (χ0) is 10.6. The molecule has 0 aromatic carbocycles. The normalized spacial score (nSPS) is 7.43. The fourth-order valence-electron chi connectivity index (χ4n) is 0.556. The zero-order valence-corrected chi connectivity index (χ0v) is 7.55. The molecule has 5 N–H and O–H groups in total. The van der Waals surface area contributed by atoms with Crippen LogP contribution in [0, 0.1) is 0 Å². The summed E-state index contributed by atoms with van der Waals surface area (Å²) < 4.78 is 0. The van der Waals surface area contributed by atoms with E-state index in [1.54, 1.807) is 0 Å². The van der Waals surface area contributed by atoms with Gasteiger partial charge < -0.3 is 20.8 Å². The summed E-state index contributed by atoms with van der Waals surface area (Å²) in [6.45, 7) is 0. The lowest BCUT2D eigenvalue weighted by atomic mass is 10.7. The van der Waals surface area contributed by atoms with Gasteiger partial charge in [0.05, 0.1) is 0 Å².